The maximum atomic E-state index is 14.1. The Bertz CT molecular complexity index is 1050. The van der Waals surface area contributed by atoms with E-state index in [0.29, 0.717) is 0 Å². The van der Waals surface area contributed by atoms with E-state index in [-0.39, 0.29) is 27.8 Å². The van der Waals surface area contributed by atoms with Crippen molar-refractivity contribution < 1.29 is 31.5 Å². The molecule has 144 valence electrons. The van der Waals surface area contributed by atoms with E-state index in [0.717, 1.165) is 18.2 Å². The monoisotopic (exact) mass is 481 g/mol. The van der Waals surface area contributed by atoms with Crippen LogP contribution in [0.5, 0.6) is 5.75 Å². The number of carbonyl (C=O) groups excluding carboxylic acids is 1. The van der Waals surface area contributed by atoms with Gasteiger partial charge in [0.2, 0.25) is 0 Å². The Balaban J connectivity index is 2.04. The number of anilines is 1. The molecule has 0 saturated carbocycles. The van der Waals surface area contributed by atoms with Crippen molar-refractivity contribution in [2.24, 2.45) is 0 Å². The third-order valence-electron chi connectivity index (χ3n) is 3.65. The third kappa shape index (κ3) is 3.87. The van der Waals surface area contributed by atoms with Gasteiger partial charge in [-0.1, -0.05) is 11.6 Å². The predicted molar refractivity (Wildman–Crippen MR) is 96.3 cm³/mol. The smallest absolute Gasteiger partial charge is 0.303 e. The fourth-order valence-corrected chi connectivity index (χ4v) is 4.43. The van der Waals surface area contributed by atoms with Crippen LogP contribution in [0.2, 0.25) is 5.02 Å². The molecular weight excluding hydrogens is 472 g/mol. The van der Waals surface area contributed by atoms with Gasteiger partial charge in [0, 0.05) is 17.5 Å². The maximum absolute atomic E-state index is 14.1. The SMILES string of the molecule is CC(=O)OC1COc2c1cc(Cl)cc2S(=O)(=O)Nc1ccc(F)c(Br)c1F. The predicted octanol–water partition coefficient (Wildman–Crippen LogP) is 4.18. The number of carbonyl (C=O) groups is 1. The summed E-state index contributed by atoms with van der Waals surface area (Å²) in [6.45, 7) is 1.12. The number of sulfonamides is 1. The van der Waals surface area contributed by atoms with Gasteiger partial charge in [0.05, 0.1) is 10.2 Å². The average molecular weight is 483 g/mol. The first-order valence-corrected chi connectivity index (χ1v) is 10.1. The van der Waals surface area contributed by atoms with Crippen molar-refractivity contribution in [3.63, 3.8) is 0 Å². The summed E-state index contributed by atoms with van der Waals surface area (Å²) in [4.78, 5) is 10.8. The van der Waals surface area contributed by atoms with Crippen LogP contribution < -0.4 is 9.46 Å². The number of esters is 1. The first-order valence-electron chi connectivity index (χ1n) is 7.40. The molecule has 0 radical (unpaired) electrons. The zero-order chi connectivity index (χ0) is 19.9. The van der Waals surface area contributed by atoms with E-state index in [9.17, 15) is 22.0 Å². The fraction of sp³-hybridized carbons (Fsp3) is 0.188. The normalized spacial score (nSPS) is 15.8. The number of fused-ring (bicyclic) bond motifs is 1. The van der Waals surface area contributed by atoms with E-state index in [2.05, 4.69) is 15.9 Å². The minimum atomic E-state index is -4.35. The summed E-state index contributed by atoms with van der Waals surface area (Å²) in [6, 6.07) is 4.39. The van der Waals surface area contributed by atoms with Gasteiger partial charge in [0.25, 0.3) is 10.0 Å². The number of nitrogens with one attached hydrogen (secondary N) is 1. The number of hydrogen-bond donors (Lipinski definition) is 1. The minimum Gasteiger partial charge on any atom is -0.487 e. The molecular formula is C16H11BrClF2NO5S. The van der Waals surface area contributed by atoms with Crippen molar-refractivity contribution in [3.05, 3.63) is 51.0 Å². The van der Waals surface area contributed by atoms with Gasteiger partial charge in [-0.2, -0.15) is 0 Å². The Kier molecular flexibility index (Phi) is 5.33. The molecule has 0 saturated heterocycles. The molecule has 1 aliphatic heterocycles. The van der Waals surface area contributed by atoms with Crippen LogP contribution in [0.3, 0.4) is 0 Å². The topological polar surface area (TPSA) is 81.7 Å². The van der Waals surface area contributed by atoms with Crippen molar-refractivity contribution in [1.82, 2.24) is 0 Å². The van der Waals surface area contributed by atoms with Gasteiger partial charge in [0.15, 0.2) is 11.9 Å². The van der Waals surface area contributed by atoms with Crippen LogP contribution >= 0.6 is 27.5 Å². The lowest BCUT2D eigenvalue weighted by atomic mass is 10.1. The quantitative estimate of drug-likeness (QED) is 0.522. The van der Waals surface area contributed by atoms with Crippen LogP contribution in [-0.4, -0.2) is 21.0 Å². The molecule has 1 heterocycles. The summed E-state index contributed by atoms with van der Waals surface area (Å²) in [5.41, 5.74) is -0.189. The molecule has 0 amide bonds. The molecule has 1 N–H and O–H groups in total. The Hall–Kier alpha value is -1.91. The first kappa shape index (κ1) is 19.8. The lowest BCUT2D eigenvalue weighted by molar-refractivity contribution is -0.147. The number of ether oxygens (including phenoxy) is 2. The second-order valence-corrected chi connectivity index (χ2v) is 8.44. The highest BCUT2D eigenvalue weighted by molar-refractivity contribution is 9.10. The number of halogens is 4. The van der Waals surface area contributed by atoms with E-state index >= 15 is 0 Å². The number of benzene rings is 2. The minimum absolute atomic E-state index is 0.0533. The maximum Gasteiger partial charge on any atom is 0.303 e. The Morgan fingerprint density at radius 2 is 2.07 bits per heavy atom. The van der Waals surface area contributed by atoms with Gasteiger partial charge in [-0.05, 0) is 40.2 Å². The molecule has 1 aliphatic rings. The van der Waals surface area contributed by atoms with Crippen LogP contribution in [0.4, 0.5) is 14.5 Å². The van der Waals surface area contributed by atoms with Crippen LogP contribution in [0.1, 0.15) is 18.6 Å². The molecule has 3 rings (SSSR count). The second-order valence-electron chi connectivity index (χ2n) is 5.56. The van der Waals surface area contributed by atoms with E-state index in [1.54, 1.807) is 0 Å². The molecule has 0 bridgehead atoms. The van der Waals surface area contributed by atoms with Crippen LogP contribution in [0, 0.1) is 11.6 Å². The van der Waals surface area contributed by atoms with E-state index in [1.807, 2.05) is 4.72 Å². The van der Waals surface area contributed by atoms with Gasteiger partial charge in [0.1, 0.15) is 23.1 Å². The number of hydrogen-bond acceptors (Lipinski definition) is 5. The second kappa shape index (κ2) is 7.25. The van der Waals surface area contributed by atoms with Gasteiger partial charge in [-0.15, -0.1) is 0 Å². The molecule has 0 aliphatic carbocycles. The molecule has 0 aromatic heterocycles. The zero-order valence-electron chi connectivity index (χ0n) is 13.6. The lowest BCUT2D eigenvalue weighted by Crippen LogP contribution is -2.15. The summed E-state index contributed by atoms with van der Waals surface area (Å²) in [6.07, 6.45) is -0.818. The molecule has 6 nitrogen and oxygen atoms in total. The Morgan fingerprint density at radius 1 is 1.37 bits per heavy atom. The Morgan fingerprint density at radius 3 is 2.74 bits per heavy atom. The summed E-state index contributed by atoms with van der Waals surface area (Å²) in [7, 11) is -4.35. The largest absolute Gasteiger partial charge is 0.487 e. The fourth-order valence-electron chi connectivity index (χ4n) is 2.53. The van der Waals surface area contributed by atoms with E-state index in [1.165, 1.54) is 13.0 Å². The van der Waals surface area contributed by atoms with Crippen LogP contribution in [-0.2, 0) is 19.6 Å². The van der Waals surface area contributed by atoms with Crippen molar-refractivity contribution in [3.8, 4) is 5.75 Å². The molecule has 2 aromatic carbocycles. The van der Waals surface area contributed by atoms with Crippen molar-refractivity contribution >= 4 is 49.2 Å². The van der Waals surface area contributed by atoms with Crippen molar-refractivity contribution in [1.29, 1.82) is 0 Å². The highest BCUT2D eigenvalue weighted by Crippen LogP contribution is 2.42. The molecule has 1 unspecified atom stereocenters. The number of rotatable bonds is 4. The van der Waals surface area contributed by atoms with Gasteiger partial charge < -0.3 is 9.47 Å². The standard InChI is InChI=1S/C16H11BrClF2NO5S/c1-7(22)26-12-6-25-16-9(12)4-8(18)5-13(16)27(23,24)21-11-3-2-10(19)14(17)15(11)20/h2-5,12,21H,6H2,1H3. The summed E-state index contributed by atoms with van der Waals surface area (Å²) in [5.74, 6) is -2.63. The highest BCUT2D eigenvalue weighted by Gasteiger charge is 2.34. The zero-order valence-corrected chi connectivity index (χ0v) is 16.7. The van der Waals surface area contributed by atoms with Gasteiger partial charge in [-0.25, -0.2) is 17.2 Å². The third-order valence-corrected chi connectivity index (χ3v) is 5.97. The average Bonchev–Trinajstić information content (AvgIpc) is 2.96. The molecule has 2 aromatic rings. The molecule has 1 atom stereocenters. The van der Waals surface area contributed by atoms with Crippen LogP contribution in [0.15, 0.2) is 33.6 Å². The van der Waals surface area contributed by atoms with Gasteiger partial charge >= 0.3 is 5.97 Å². The van der Waals surface area contributed by atoms with Crippen LogP contribution in [0.25, 0.3) is 0 Å². The highest BCUT2D eigenvalue weighted by atomic mass is 79.9. The first-order chi connectivity index (χ1) is 12.6. The summed E-state index contributed by atoms with van der Waals surface area (Å²) < 4.78 is 65.0. The van der Waals surface area contributed by atoms with Gasteiger partial charge in [-0.3, -0.25) is 9.52 Å². The van der Waals surface area contributed by atoms with E-state index in [4.69, 9.17) is 21.1 Å². The lowest BCUT2D eigenvalue weighted by Gasteiger charge is -2.13. The van der Waals surface area contributed by atoms with E-state index < -0.39 is 43.9 Å². The Labute approximate surface area is 166 Å². The summed E-state index contributed by atoms with van der Waals surface area (Å²) >= 11 is 8.70. The molecule has 0 spiro atoms. The molecule has 27 heavy (non-hydrogen) atoms. The molecule has 0 fully saturated rings. The van der Waals surface area contributed by atoms with Crippen molar-refractivity contribution in [2.75, 3.05) is 11.3 Å². The summed E-state index contributed by atoms with van der Waals surface area (Å²) in [5, 5.41) is 0.0533. The van der Waals surface area contributed by atoms with Crippen molar-refractivity contribution in [2.45, 2.75) is 17.9 Å². The molecule has 11 heteroatoms.